The molecule has 0 saturated carbocycles. The first kappa shape index (κ1) is 27.7. The van der Waals surface area contributed by atoms with Crippen molar-refractivity contribution in [1.29, 1.82) is 0 Å². The quantitative estimate of drug-likeness (QED) is 0.257. The van der Waals surface area contributed by atoms with E-state index >= 15 is 0 Å². The molecular formula is C24H36IN3O4. The van der Waals surface area contributed by atoms with Gasteiger partial charge in [0.1, 0.15) is 5.75 Å². The summed E-state index contributed by atoms with van der Waals surface area (Å²) in [5.41, 5.74) is 2.09. The van der Waals surface area contributed by atoms with Crippen molar-refractivity contribution in [2.75, 3.05) is 41.5 Å². The largest absolute Gasteiger partial charge is 0.497 e. The van der Waals surface area contributed by atoms with Gasteiger partial charge in [-0.15, -0.1) is 24.0 Å². The second-order valence-electron chi connectivity index (χ2n) is 7.69. The Labute approximate surface area is 208 Å². The van der Waals surface area contributed by atoms with Crippen molar-refractivity contribution in [3.05, 3.63) is 47.5 Å². The van der Waals surface area contributed by atoms with Crippen molar-refractivity contribution in [1.82, 2.24) is 10.6 Å². The lowest BCUT2D eigenvalue weighted by molar-refractivity contribution is 0.324. The van der Waals surface area contributed by atoms with Gasteiger partial charge in [-0.2, -0.15) is 0 Å². The van der Waals surface area contributed by atoms with Crippen LogP contribution in [-0.2, 0) is 12.0 Å². The Morgan fingerprint density at radius 3 is 1.94 bits per heavy atom. The van der Waals surface area contributed by atoms with Crippen LogP contribution in [0.3, 0.4) is 0 Å². The van der Waals surface area contributed by atoms with E-state index in [1.165, 1.54) is 5.56 Å². The lowest BCUT2D eigenvalue weighted by Crippen LogP contribution is -2.43. The van der Waals surface area contributed by atoms with Crippen LogP contribution in [0.5, 0.6) is 23.0 Å². The number of benzene rings is 2. The minimum atomic E-state index is -0.0883. The molecule has 0 aromatic heterocycles. The van der Waals surface area contributed by atoms with E-state index in [1.54, 1.807) is 28.4 Å². The first-order valence-electron chi connectivity index (χ1n) is 10.3. The highest BCUT2D eigenvalue weighted by Crippen LogP contribution is 2.38. The molecule has 2 aromatic carbocycles. The summed E-state index contributed by atoms with van der Waals surface area (Å²) in [6.45, 7) is 8.40. The molecule has 2 N–H and O–H groups in total. The Balaban J connectivity index is 0.00000512. The number of hydrogen-bond donors (Lipinski definition) is 2. The van der Waals surface area contributed by atoms with Crippen molar-refractivity contribution in [2.45, 2.75) is 32.7 Å². The van der Waals surface area contributed by atoms with E-state index in [0.717, 1.165) is 30.4 Å². The van der Waals surface area contributed by atoms with E-state index < -0.39 is 0 Å². The number of ether oxygens (including phenoxy) is 4. The highest BCUT2D eigenvalue weighted by molar-refractivity contribution is 14.0. The highest BCUT2D eigenvalue weighted by Gasteiger charge is 2.21. The molecule has 2 rings (SSSR count). The molecule has 0 amide bonds. The molecule has 0 unspecified atom stereocenters. The van der Waals surface area contributed by atoms with Crippen LogP contribution in [-0.4, -0.2) is 47.5 Å². The van der Waals surface area contributed by atoms with Crippen molar-refractivity contribution < 1.29 is 18.9 Å². The lowest BCUT2D eigenvalue weighted by atomic mass is 9.84. The first-order chi connectivity index (χ1) is 14.9. The van der Waals surface area contributed by atoms with Crippen LogP contribution in [0.2, 0.25) is 0 Å². The van der Waals surface area contributed by atoms with Gasteiger partial charge in [0.15, 0.2) is 17.5 Å². The van der Waals surface area contributed by atoms with Crippen LogP contribution in [0.1, 0.15) is 31.9 Å². The Kier molecular flexibility index (Phi) is 11.5. The fourth-order valence-electron chi connectivity index (χ4n) is 3.19. The second-order valence-corrected chi connectivity index (χ2v) is 7.69. The number of guanidine groups is 1. The molecule has 8 heteroatoms. The maximum absolute atomic E-state index is 5.44. The predicted octanol–water partition coefficient (Wildman–Crippen LogP) is 4.37. The van der Waals surface area contributed by atoms with Gasteiger partial charge in [0.2, 0.25) is 5.75 Å². The molecular weight excluding hydrogens is 521 g/mol. The fourth-order valence-corrected chi connectivity index (χ4v) is 3.19. The summed E-state index contributed by atoms with van der Waals surface area (Å²) in [6, 6.07) is 12.0. The van der Waals surface area contributed by atoms with Gasteiger partial charge in [-0.25, -0.2) is 4.99 Å². The third kappa shape index (κ3) is 7.36. The number of halogens is 1. The number of aliphatic imine (C=N–C) groups is 1. The Morgan fingerprint density at radius 2 is 1.47 bits per heavy atom. The molecule has 0 aliphatic rings. The summed E-state index contributed by atoms with van der Waals surface area (Å²) >= 11 is 0. The molecule has 0 bridgehead atoms. The Hall–Kier alpha value is -2.36. The summed E-state index contributed by atoms with van der Waals surface area (Å²) < 4.78 is 21.5. The fraction of sp³-hybridized carbons (Fsp3) is 0.458. The number of methoxy groups -OCH3 is 4. The van der Waals surface area contributed by atoms with Crippen LogP contribution >= 0.6 is 24.0 Å². The average Bonchev–Trinajstić information content (AvgIpc) is 2.80. The van der Waals surface area contributed by atoms with E-state index in [0.29, 0.717) is 23.8 Å². The van der Waals surface area contributed by atoms with E-state index in [1.807, 2.05) is 31.2 Å². The third-order valence-corrected chi connectivity index (χ3v) is 5.06. The van der Waals surface area contributed by atoms with Crippen molar-refractivity contribution in [2.24, 2.45) is 4.99 Å². The summed E-state index contributed by atoms with van der Waals surface area (Å²) in [6.07, 6.45) is 0. The molecule has 32 heavy (non-hydrogen) atoms. The van der Waals surface area contributed by atoms with Gasteiger partial charge in [0.05, 0.1) is 35.0 Å². The molecule has 7 nitrogen and oxygen atoms in total. The van der Waals surface area contributed by atoms with Gasteiger partial charge >= 0.3 is 0 Å². The van der Waals surface area contributed by atoms with Crippen LogP contribution < -0.4 is 29.6 Å². The molecule has 2 aromatic rings. The monoisotopic (exact) mass is 557 g/mol. The van der Waals surface area contributed by atoms with Crippen LogP contribution in [0.4, 0.5) is 0 Å². The van der Waals surface area contributed by atoms with Crippen LogP contribution in [0, 0.1) is 0 Å². The van der Waals surface area contributed by atoms with Crippen LogP contribution in [0.25, 0.3) is 0 Å². The third-order valence-electron chi connectivity index (χ3n) is 5.06. The first-order valence-corrected chi connectivity index (χ1v) is 10.3. The summed E-state index contributed by atoms with van der Waals surface area (Å²) in [5.74, 6) is 3.41. The second kappa shape index (κ2) is 13.2. The topological polar surface area (TPSA) is 73.3 Å². The van der Waals surface area contributed by atoms with Crippen LogP contribution in [0.15, 0.2) is 41.4 Å². The molecule has 0 aliphatic heterocycles. The SMILES string of the molecule is CCNC(=NCc1cc(OC)c(OC)c(OC)c1)NCC(C)(C)c1ccc(OC)cc1.I. The number of nitrogens with one attached hydrogen (secondary N) is 2. The normalized spacial score (nSPS) is 11.3. The van der Waals surface area contributed by atoms with Crippen molar-refractivity contribution in [3.63, 3.8) is 0 Å². The predicted molar refractivity (Wildman–Crippen MR) is 140 cm³/mol. The number of nitrogens with zero attached hydrogens (tertiary/aromatic N) is 1. The maximum atomic E-state index is 5.44. The zero-order valence-corrected chi connectivity index (χ0v) is 22.4. The zero-order valence-electron chi connectivity index (χ0n) is 20.1. The van der Waals surface area contributed by atoms with E-state index in [2.05, 4.69) is 36.6 Å². The lowest BCUT2D eigenvalue weighted by Gasteiger charge is -2.27. The number of hydrogen-bond acceptors (Lipinski definition) is 5. The van der Waals surface area contributed by atoms with E-state index in [9.17, 15) is 0 Å². The molecule has 0 radical (unpaired) electrons. The van der Waals surface area contributed by atoms with Crippen molar-refractivity contribution >= 4 is 29.9 Å². The molecule has 0 spiro atoms. The van der Waals surface area contributed by atoms with Crippen molar-refractivity contribution in [3.8, 4) is 23.0 Å². The van der Waals surface area contributed by atoms with E-state index in [-0.39, 0.29) is 29.4 Å². The van der Waals surface area contributed by atoms with Gasteiger partial charge in [0.25, 0.3) is 0 Å². The average molecular weight is 557 g/mol. The zero-order chi connectivity index (χ0) is 22.9. The maximum Gasteiger partial charge on any atom is 0.203 e. The summed E-state index contributed by atoms with van der Waals surface area (Å²) in [7, 11) is 6.49. The van der Waals surface area contributed by atoms with Gasteiger partial charge in [-0.3, -0.25) is 0 Å². The van der Waals surface area contributed by atoms with E-state index in [4.69, 9.17) is 23.9 Å². The minimum absolute atomic E-state index is 0. The molecule has 0 fully saturated rings. The Bertz CT molecular complexity index is 845. The smallest absolute Gasteiger partial charge is 0.203 e. The standard InChI is InChI=1S/C24H35N3O4.HI/c1-8-25-23(27-16-24(2,3)18-9-11-19(28-4)12-10-18)26-15-17-13-20(29-5)22(31-7)21(14-17)30-6;/h9-14H,8,15-16H2,1-7H3,(H2,25,26,27);1H. The molecule has 178 valence electrons. The molecule has 0 saturated heterocycles. The van der Waals surface area contributed by atoms with Gasteiger partial charge in [-0.05, 0) is 42.3 Å². The Morgan fingerprint density at radius 1 is 0.875 bits per heavy atom. The summed E-state index contributed by atoms with van der Waals surface area (Å²) in [4.78, 5) is 4.74. The highest BCUT2D eigenvalue weighted by atomic mass is 127. The summed E-state index contributed by atoms with van der Waals surface area (Å²) in [5, 5.41) is 6.77. The van der Waals surface area contributed by atoms with Gasteiger partial charge in [0, 0.05) is 18.5 Å². The molecule has 0 aliphatic carbocycles. The molecule has 0 atom stereocenters. The minimum Gasteiger partial charge on any atom is -0.497 e. The van der Waals surface area contributed by atoms with Gasteiger partial charge in [-0.1, -0.05) is 26.0 Å². The number of rotatable bonds is 10. The van der Waals surface area contributed by atoms with Gasteiger partial charge < -0.3 is 29.6 Å². The molecule has 0 heterocycles.